The molecule has 1 aliphatic heterocycles. The van der Waals surface area contributed by atoms with E-state index in [-0.39, 0.29) is 17.1 Å². The molecule has 0 unspecified atom stereocenters. The summed E-state index contributed by atoms with van der Waals surface area (Å²) in [6.07, 6.45) is 1.83. The average molecular weight is 479 g/mol. The van der Waals surface area contributed by atoms with E-state index in [0.717, 1.165) is 16.0 Å². The molecule has 3 aromatic rings. The zero-order valence-electron chi connectivity index (χ0n) is 18.4. The van der Waals surface area contributed by atoms with Gasteiger partial charge in [-0.05, 0) is 65.6 Å². The van der Waals surface area contributed by atoms with Gasteiger partial charge in [-0.1, -0.05) is 41.9 Å². The Balaban J connectivity index is 1.68. The van der Waals surface area contributed by atoms with Crippen molar-refractivity contribution >= 4 is 41.2 Å². The van der Waals surface area contributed by atoms with Crippen LogP contribution in [0.25, 0.3) is 6.08 Å². The average Bonchev–Trinajstić information content (AvgIpc) is 2.80. The number of nitrogens with one attached hydrogen (secondary N) is 1. The quantitative estimate of drug-likeness (QED) is 0.411. The number of urea groups is 1. The molecule has 1 heterocycles. The molecule has 4 amide bonds. The number of nitrogens with zero attached hydrogens (tertiary/aromatic N) is 1. The first kappa shape index (κ1) is 23.2. The van der Waals surface area contributed by atoms with E-state index in [2.05, 4.69) is 5.32 Å². The molecule has 1 N–H and O–H groups in total. The Morgan fingerprint density at radius 1 is 1.06 bits per heavy atom. The first-order valence-electron chi connectivity index (χ1n) is 10.4. The van der Waals surface area contributed by atoms with Crippen molar-refractivity contribution in [1.29, 1.82) is 0 Å². The third-order valence-corrected chi connectivity index (χ3v) is 5.90. The van der Waals surface area contributed by atoms with Crippen LogP contribution < -0.4 is 15.0 Å². The highest BCUT2D eigenvalue weighted by Crippen LogP contribution is 2.30. The second-order valence-corrected chi connectivity index (χ2v) is 8.13. The van der Waals surface area contributed by atoms with E-state index in [0.29, 0.717) is 28.3 Å². The van der Waals surface area contributed by atoms with Crippen LogP contribution in [0, 0.1) is 12.7 Å². The molecule has 0 aromatic heterocycles. The fraction of sp³-hybridized carbons (Fsp3) is 0.115. The molecule has 8 heteroatoms. The number of halogens is 2. The highest BCUT2D eigenvalue weighted by atomic mass is 35.5. The highest BCUT2D eigenvalue weighted by molar-refractivity contribution is 6.39. The van der Waals surface area contributed by atoms with Gasteiger partial charge in [0.1, 0.15) is 17.1 Å². The fourth-order valence-corrected chi connectivity index (χ4v) is 3.91. The molecule has 0 bridgehead atoms. The normalized spacial score (nSPS) is 15.0. The molecule has 1 fully saturated rings. The van der Waals surface area contributed by atoms with Crippen LogP contribution in [-0.4, -0.2) is 25.0 Å². The minimum atomic E-state index is -0.847. The zero-order chi connectivity index (χ0) is 24.4. The van der Waals surface area contributed by atoms with Gasteiger partial charge < -0.3 is 4.74 Å². The molecule has 0 saturated carbocycles. The number of imide groups is 2. The molecule has 1 aliphatic rings. The second kappa shape index (κ2) is 9.49. The van der Waals surface area contributed by atoms with E-state index in [9.17, 15) is 18.8 Å². The molecule has 0 aliphatic carbocycles. The van der Waals surface area contributed by atoms with Crippen LogP contribution in [0.5, 0.6) is 5.75 Å². The second-order valence-electron chi connectivity index (χ2n) is 7.72. The van der Waals surface area contributed by atoms with Gasteiger partial charge in [-0.2, -0.15) is 0 Å². The Labute approximate surface area is 200 Å². The molecular formula is C26H20ClFN2O4. The molecule has 0 spiro atoms. The molecule has 172 valence electrons. The lowest BCUT2D eigenvalue weighted by Gasteiger charge is -2.27. The van der Waals surface area contributed by atoms with Crippen LogP contribution in [0.2, 0.25) is 5.02 Å². The van der Waals surface area contributed by atoms with Crippen molar-refractivity contribution in [2.45, 2.75) is 13.3 Å². The fourth-order valence-electron chi connectivity index (χ4n) is 3.75. The van der Waals surface area contributed by atoms with Crippen LogP contribution in [0.3, 0.4) is 0 Å². The van der Waals surface area contributed by atoms with Crippen LogP contribution >= 0.6 is 11.6 Å². The number of barbiturate groups is 1. The van der Waals surface area contributed by atoms with Gasteiger partial charge >= 0.3 is 6.03 Å². The van der Waals surface area contributed by atoms with Gasteiger partial charge in [0.25, 0.3) is 11.8 Å². The lowest BCUT2D eigenvalue weighted by Crippen LogP contribution is -2.54. The van der Waals surface area contributed by atoms with Crippen molar-refractivity contribution in [2.75, 3.05) is 12.0 Å². The predicted octanol–water partition coefficient (Wildman–Crippen LogP) is 5.05. The predicted molar refractivity (Wildman–Crippen MR) is 127 cm³/mol. The van der Waals surface area contributed by atoms with Gasteiger partial charge in [-0.3, -0.25) is 14.9 Å². The summed E-state index contributed by atoms with van der Waals surface area (Å²) in [6, 6.07) is 15.4. The number of hydrogen-bond acceptors (Lipinski definition) is 4. The molecule has 6 nitrogen and oxygen atoms in total. The van der Waals surface area contributed by atoms with Gasteiger partial charge in [0.2, 0.25) is 0 Å². The number of benzene rings is 3. The number of carbonyl (C=O) groups excluding carboxylic acids is 3. The summed E-state index contributed by atoms with van der Waals surface area (Å²) in [4.78, 5) is 39.0. The Kier molecular flexibility index (Phi) is 6.47. The lowest BCUT2D eigenvalue weighted by atomic mass is 10.0. The van der Waals surface area contributed by atoms with Gasteiger partial charge in [0, 0.05) is 11.4 Å². The van der Waals surface area contributed by atoms with Crippen LogP contribution in [0.15, 0.2) is 66.2 Å². The SMILES string of the molecule is COc1cc(/C=C2\C(=O)NC(=O)N(c3cccc(Cl)c3C)C2=O)ccc1Cc1cccc(F)c1. The Hall–Kier alpha value is -3.97. The molecular weight excluding hydrogens is 459 g/mol. The Morgan fingerprint density at radius 2 is 1.82 bits per heavy atom. The van der Waals surface area contributed by atoms with Crippen molar-refractivity contribution in [3.05, 3.63) is 99.3 Å². The molecule has 0 atom stereocenters. The van der Waals surface area contributed by atoms with Crippen LogP contribution in [0.4, 0.5) is 14.9 Å². The summed E-state index contributed by atoms with van der Waals surface area (Å²) < 4.78 is 19.0. The third-order valence-electron chi connectivity index (χ3n) is 5.49. The molecule has 4 rings (SSSR count). The zero-order valence-corrected chi connectivity index (χ0v) is 19.2. The molecule has 3 aromatic carbocycles. The number of rotatable bonds is 5. The van der Waals surface area contributed by atoms with Crippen LogP contribution in [0.1, 0.15) is 22.3 Å². The number of amides is 4. The molecule has 34 heavy (non-hydrogen) atoms. The number of carbonyl (C=O) groups is 3. The maximum absolute atomic E-state index is 13.5. The minimum absolute atomic E-state index is 0.209. The van der Waals surface area contributed by atoms with Crippen molar-refractivity contribution in [1.82, 2.24) is 5.32 Å². The van der Waals surface area contributed by atoms with E-state index < -0.39 is 17.8 Å². The smallest absolute Gasteiger partial charge is 0.335 e. The summed E-state index contributed by atoms with van der Waals surface area (Å²) in [5.41, 5.74) is 2.72. The van der Waals surface area contributed by atoms with E-state index in [1.807, 2.05) is 6.07 Å². The van der Waals surface area contributed by atoms with Crippen molar-refractivity contribution in [3.63, 3.8) is 0 Å². The van der Waals surface area contributed by atoms with Gasteiger partial charge in [-0.25, -0.2) is 14.1 Å². The van der Waals surface area contributed by atoms with E-state index in [4.69, 9.17) is 16.3 Å². The van der Waals surface area contributed by atoms with Crippen molar-refractivity contribution in [2.24, 2.45) is 0 Å². The first-order valence-corrected chi connectivity index (χ1v) is 10.7. The van der Waals surface area contributed by atoms with Crippen LogP contribution in [-0.2, 0) is 16.0 Å². The number of hydrogen-bond donors (Lipinski definition) is 1. The van der Waals surface area contributed by atoms with E-state index in [1.54, 1.807) is 49.4 Å². The number of methoxy groups -OCH3 is 1. The van der Waals surface area contributed by atoms with E-state index in [1.165, 1.54) is 25.3 Å². The Morgan fingerprint density at radius 3 is 2.56 bits per heavy atom. The van der Waals surface area contributed by atoms with Gasteiger partial charge in [0.05, 0.1) is 12.8 Å². The standard InChI is InChI=1S/C26H20ClFN2O4/c1-15-21(27)7-4-8-22(15)30-25(32)20(24(31)29-26(30)33)13-17-9-10-18(23(14-17)34-2)11-16-5-3-6-19(28)12-16/h3-10,12-14H,11H2,1-2H3,(H,29,31,33)/b20-13+. The summed E-state index contributed by atoms with van der Waals surface area (Å²) in [5, 5.41) is 2.59. The maximum atomic E-state index is 13.5. The molecule has 0 radical (unpaired) electrons. The maximum Gasteiger partial charge on any atom is 0.335 e. The van der Waals surface area contributed by atoms with Gasteiger partial charge in [-0.15, -0.1) is 0 Å². The lowest BCUT2D eigenvalue weighted by molar-refractivity contribution is -0.122. The topological polar surface area (TPSA) is 75.7 Å². The third kappa shape index (κ3) is 4.56. The summed E-state index contributed by atoms with van der Waals surface area (Å²) in [5.74, 6) is -1.37. The van der Waals surface area contributed by atoms with E-state index >= 15 is 0 Å². The minimum Gasteiger partial charge on any atom is -0.496 e. The summed E-state index contributed by atoms with van der Waals surface area (Å²) in [6.45, 7) is 1.68. The summed E-state index contributed by atoms with van der Waals surface area (Å²) >= 11 is 6.15. The Bertz CT molecular complexity index is 1350. The largest absolute Gasteiger partial charge is 0.496 e. The van der Waals surface area contributed by atoms with Crippen molar-refractivity contribution < 1.29 is 23.5 Å². The highest BCUT2D eigenvalue weighted by Gasteiger charge is 2.37. The van der Waals surface area contributed by atoms with Crippen molar-refractivity contribution in [3.8, 4) is 5.75 Å². The van der Waals surface area contributed by atoms with Gasteiger partial charge in [0.15, 0.2) is 0 Å². The first-order chi connectivity index (χ1) is 16.3. The number of anilines is 1. The monoisotopic (exact) mass is 478 g/mol. The summed E-state index contributed by atoms with van der Waals surface area (Å²) in [7, 11) is 1.50. The molecule has 1 saturated heterocycles. The number of ether oxygens (including phenoxy) is 1.